The Hall–Kier alpha value is -0.570. The zero-order valence-corrected chi connectivity index (χ0v) is 5.52. The van der Waals surface area contributed by atoms with Gasteiger partial charge in [0.25, 0.3) is 6.47 Å². The van der Waals surface area contributed by atoms with E-state index >= 15 is 0 Å². The molecule has 52 valence electrons. The highest BCUT2D eigenvalue weighted by atomic mass is 16.5. The van der Waals surface area contributed by atoms with Gasteiger partial charge in [-0.1, -0.05) is 0 Å². The maximum atomic E-state index is 9.92. The molecule has 1 heterocycles. The molecule has 1 atom stereocenters. The lowest BCUT2D eigenvalue weighted by Crippen LogP contribution is -2.30. The molecule has 0 aromatic carbocycles. The van der Waals surface area contributed by atoms with E-state index in [0.29, 0.717) is 6.47 Å². The van der Waals surface area contributed by atoms with Crippen molar-refractivity contribution in [2.45, 2.75) is 18.9 Å². The number of ether oxygens (including phenoxy) is 1. The average molecular weight is 129 g/mol. The van der Waals surface area contributed by atoms with Gasteiger partial charge in [0.15, 0.2) is 0 Å². The van der Waals surface area contributed by atoms with E-state index in [-0.39, 0.29) is 5.60 Å². The fourth-order valence-electron chi connectivity index (χ4n) is 1.01. The van der Waals surface area contributed by atoms with Gasteiger partial charge in [0.2, 0.25) is 0 Å². The molecular weight excluding hydrogens is 118 g/mol. The largest absolute Gasteiger partial charge is 0.460 e. The van der Waals surface area contributed by atoms with Crippen LogP contribution in [-0.2, 0) is 9.53 Å². The van der Waals surface area contributed by atoms with E-state index in [0.717, 1.165) is 19.5 Å². The Morgan fingerprint density at radius 3 is 3.00 bits per heavy atom. The van der Waals surface area contributed by atoms with Gasteiger partial charge in [-0.3, -0.25) is 4.79 Å². The second-order valence-electron chi connectivity index (χ2n) is 2.59. The summed E-state index contributed by atoms with van der Waals surface area (Å²) in [5.41, 5.74) is -0.234. The highest BCUT2D eigenvalue weighted by Gasteiger charge is 2.29. The Morgan fingerprint density at radius 1 is 1.78 bits per heavy atom. The Labute approximate surface area is 54.4 Å². The first-order chi connectivity index (χ1) is 4.27. The zero-order chi connectivity index (χ0) is 6.74. The second kappa shape index (κ2) is 2.35. The van der Waals surface area contributed by atoms with Crippen LogP contribution in [0.25, 0.3) is 0 Å². The van der Waals surface area contributed by atoms with E-state index in [9.17, 15) is 4.79 Å². The molecule has 0 radical (unpaired) electrons. The minimum absolute atomic E-state index is 0.234. The van der Waals surface area contributed by atoms with Crippen LogP contribution in [0.5, 0.6) is 0 Å². The van der Waals surface area contributed by atoms with E-state index < -0.39 is 0 Å². The summed E-state index contributed by atoms with van der Waals surface area (Å²) in [5, 5.41) is 3.11. The number of hydrogen-bond donors (Lipinski definition) is 1. The van der Waals surface area contributed by atoms with Crippen molar-refractivity contribution in [3.05, 3.63) is 0 Å². The molecule has 9 heavy (non-hydrogen) atoms. The van der Waals surface area contributed by atoms with Gasteiger partial charge in [-0.05, 0) is 13.5 Å². The number of carbonyl (C=O) groups is 1. The van der Waals surface area contributed by atoms with Crippen molar-refractivity contribution in [3.8, 4) is 0 Å². The van der Waals surface area contributed by atoms with Crippen LogP contribution < -0.4 is 5.32 Å². The molecule has 1 aliphatic rings. The maximum absolute atomic E-state index is 9.92. The molecule has 1 aliphatic heterocycles. The molecule has 1 N–H and O–H groups in total. The molecule has 0 amide bonds. The molecule has 1 rings (SSSR count). The lowest BCUT2D eigenvalue weighted by molar-refractivity contribution is -0.140. The van der Waals surface area contributed by atoms with Crippen molar-refractivity contribution in [2.75, 3.05) is 13.1 Å². The summed E-state index contributed by atoms with van der Waals surface area (Å²) in [6.07, 6.45) is 0.922. The lowest BCUT2D eigenvalue weighted by atomic mass is 10.1. The van der Waals surface area contributed by atoms with Crippen LogP contribution in [0.2, 0.25) is 0 Å². The van der Waals surface area contributed by atoms with Gasteiger partial charge >= 0.3 is 0 Å². The summed E-state index contributed by atoms with van der Waals surface area (Å²) >= 11 is 0. The first-order valence-corrected chi connectivity index (χ1v) is 3.09. The number of nitrogens with one attached hydrogen (secondary N) is 1. The fourth-order valence-corrected chi connectivity index (χ4v) is 1.01. The van der Waals surface area contributed by atoms with Crippen LogP contribution in [0.3, 0.4) is 0 Å². The third-order valence-electron chi connectivity index (χ3n) is 1.66. The Balaban J connectivity index is 2.40. The van der Waals surface area contributed by atoms with E-state index in [1.165, 1.54) is 0 Å². The third kappa shape index (κ3) is 1.42. The summed E-state index contributed by atoms with van der Waals surface area (Å²) in [6.45, 7) is 4.18. The predicted octanol–water partition coefficient (Wildman–Crippen LogP) is -0.0886. The number of hydrogen-bond acceptors (Lipinski definition) is 3. The zero-order valence-electron chi connectivity index (χ0n) is 5.52. The molecular formula is C6H11NO2. The predicted molar refractivity (Wildman–Crippen MR) is 33.0 cm³/mol. The maximum Gasteiger partial charge on any atom is 0.293 e. The monoisotopic (exact) mass is 129 g/mol. The molecule has 0 saturated carbocycles. The quantitative estimate of drug-likeness (QED) is 0.529. The van der Waals surface area contributed by atoms with Crippen LogP contribution in [0.1, 0.15) is 13.3 Å². The Bertz CT molecular complexity index is 108. The number of carbonyl (C=O) groups excluding carboxylic acids is 1. The van der Waals surface area contributed by atoms with Crippen LogP contribution in [0.4, 0.5) is 0 Å². The lowest BCUT2D eigenvalue weighted by Gasteiger charge is -2.19. The number of rotatable bonds is 2. The molecule has 1 unspecified atom stereocenters. The molecule has 0 spiro atoms. The van der Waals surface area contributed by atoms with Crippen LogP contribution in [0, 0.1) is 0 Å². The normalized spacial score (nSPS) is 34.3. The van der Waals surface area contributed by atoms with Gasteiger partial charge in [-0.2, -0.15) is 0 Å². The molecule has 1 fully saturated rings. The van der Waals surface area contributed by atoms with E-state index in [1.54, 1.807) is 0 Å². The molecule has 0 aliphatic carbocycles. The van der Waals surface area contributed by atoms with Crippen LogP contribution in [0.15, 0.2) is 0 Å². The van der Waals surface area contributed by atoms with Gasteiger partial charge in [-0.25, -0.2) is 0 Å². The second-order valence-corrected chi connectivity index (χ2v) is 2.59. The molecule has 3 heteroatoms. The van der Waals surface area contributed by atoms with Crippen molar-refractivity contribution in [1.82, 2.24) is 5.32 Å². The first-order valence-electron chi connectivity index (χ1n) is 3.09. The van der Waals surface area contributed by atoms with Crippen molar-refractivity contribution < 1.29 is 9.53 Å². The van der Waals surface area contributed by atoms with E-state index in [4.69, 9.17) is 4.74 Å². The van der Waals surface area contributed by atoms with E-state index in [2.05, 4.69) is 5.32 Å². The third-order valence-corrected chi connectivity index (χ3v) is 1.66. The van der Waals surface area contributed by atoms with Crippen molar-refractivity contribution >= 4 is 6.47 Å². The van der Waals surface area contributed by atoms with Crippen LogP contribution >= 0.6 is 0 Å². The van der Waals surface area contributed by atoms with Crippen molar-refractivity contribution in [3.63, 3.8) is 0 Å². The Kier molecular flexibility index (Phi) is 1.71. The smallest absolute Gasteiger partial charge is 0.293 e. The molecule has 0 aromatic heterocycles. The minimum atomic E-state index is -0.234. The van der Waals surface area contributed by atoms with Crippen LogP contribution in [-0.4, -0.2) is 25.2 Å². The highest BCUT2D eigenvalue weighted by Crippen LogP contribution is 2.16. The topological polar surface area (TPSA) is 38.3 Å². The van der Waals surface area contributed by atoms with Gasteiger partial charge < -0.3 is 10.1 Å². The van der Waals surface area contributed by atoms with Crippen molar-refractivity contribution in [2.24, 2.45) is 0 Å². The van der Waals surface area contributed by atoms with Gasteiger partial charge in [-0.15, -0.1) is 0 Å². The SMILES string of the molecule is CC1(OC=O)CCNC1. The summed E-state index contributed by atoms with van der Waals surface area (Å²) < 4.78 is 4.85. The van der Waals surface area contributed by atoms with Crippen molar-refractivity contribution in [1.29, 1.82) is 0 Å². The first kappa shape index (κ1) is 6.55. The van der Waals surface area contributed by atoms with Gasteiger partial charge in [0.05, 0.1) is 0 Å². The van der Waals surface area contributed by atoms with E-state index in [1.807, 2.05) is 6.92 Å². The van der Waals surface area contributed by atoms with Gasteiger partial charge in [0, 0.05) is 13.0 Å². The molecule has 3 nitrogen and oxygen atoms in total. The molecule has 0 aromatic rings. The minimum Gasteiger partial charge on any atom is -0.460 e. The molecule has 0 bridgehead atoms. The summed E-state index contributed by atoms with van der Waals surface area (Å²) in [7, 11) is 0. The summed E-state index contributed by atoms with van der Waals surface area (Å²) in [4.78, 5) is 9.92. The fraction of sp³-hybridized carbons (Fsp3) is 0.833. The van der Waals surface area contributed by atoms with Gasteiger partial charge in [0.1, 0.15) is 5.60 Å². The molecule has 1 saturated heterocycles. The average Bonchev–Trinajstić information content (AvgIpc) is 2.16. The Morgan fingerprint density at radius 2 is 2.56 bits per heavy atom. The summed E-state index contributed by atoms with van der Waals surface area (Å²) in [6, 6.07) is 0. The summed E-state index contributed by atoms with van der Waals surface area (Å²) in [5.74, 6) is 0. The standard InChI is InChI=1S/C6H11NO2/c1-6(9-5-8)2-3-7-4-6/h5,7H,2-4H2,1H3. The highest BCUT2D eigenvalue weighted by molar-refractivity contribution is 5.38.